The van der Waals surface area contributed by atoms with Crippen molar-refractivity contribution in [3.63, 3.8) is 0 Å². The van der Waals surface area contributed by atoms with Gasteiger partial charge in [-0.2, -0.15) is 0 Å². The Bertz CT molecular complexity index is 684. The zero-order valence-corrected chi connectivity index (χ0v) is 17.1. The van der Waals surface area contributed by atoms with Gasteiger partial charge in [0.2, 0.25) is 0 Å². The lowest BCUT2D eigenvalue weighted by Crippen LogP contribution is -2.54. The zero-order chi connectivity index (χ0) is 19.6. The molecule has 0 spiro atoms. The first kappa shape index (κ1) is 19.0. The topological polar surface area (TPSA) is 61.8 Å². The van der Waals surface area contributed by atoms with Gasteiger partial charge < -0.3 is 14.2 Å². The number of allylic oxidation sites excluding steroid dienone is 1. The molecule has 3 aliphatic heterocycles. The lowest BCUT2D eigenvalue weighted by molar-refractivity contribution is -0.180. The molecule has 3 unspecified atom stereocenters. The maximum absolute atomic E-state index is 12.8. The maximum Gasteiger partial charge on any atom is 0.309 e. The number of ether oxygens (including phenoxy) is 3. The van der Waals surface area contributed by atoms with Crippen LogP contribution in [-0.4, -0.2) is 35.3 Å². The number of carbonyl (C=O) groups excluding carboxylic acids is 2. The Hall–Kier alpha value is -1.36. The third kappa shape index (κ3) is 2.93. The van der Waals surface area contributed by atoms with E-state index in [2.05, 4.69) is 19.9 Å². The number of fused-ring (bicyclic) bond motifs is 2. The molecule has 150 valence electrons. The van der Waals surface area contributed by atoms with Crippen LogP contribution in [0.5, 0.6) is 0 Å². The summed E-state index contributed by atoms with van der Waals surface area (Å²) in [5.41, 5.74) is 0.113. The van der Waals surface area contributed by atoms with Gasteiger partial charge in [0.1, 0.15) is 17.3 Å². The number of hydrogen-bond donors (Lipinski definition) is 0. The summed E-state index contributed by atoms with van der Waals surface area (Å²) >= 11 is 0. The molecule has 1 saturated carbocycles. The van der Waals surface area contributed by atoms with Crippen molar-refractivity contribution in [1.29, 1.82) is 0 Å². The molecule has 0 aromatic rings. The summed E-state index contributed by atoms with van der Waals surface area (Å²) in [4.78, 5) is 24.8. The van der Waals surface area contributed by atoms with Crippen molar-refractivity contribution in [2.75, 3.05) is 0 Å². The Morgan fingerprint density at radius 2 is 2.04 bits per heavy atom. The zero-order valence-electron chi connectivity index (χ0n) is 17.1. The highest BCUT2D eigenvalue weighted by Crippen LogP contribution is 2.59. The third-order valence-electron chi connectivity index (χ3n) is 7.64. The minimum Gasteiger partial charge on any atom is -0.459 e. The molecule has 3 heterocycles. The average Bonchev–Trinajstić information content (AvgIpc) is 2.93. The van der Waals surface area contributed by atoms with E-state index in [9.17, 15) is 9.59 Å². The first-order valence-electron chi connectivity index (χ1n) is 10.4. The van der Waals surface area contributed by atoms with Gasteiger partial charge in [-0.25, -0.2) is 0 Å². The van der Waals surface area contributed by atoms with Gasteiger partial charge in [0, 0.05) is 18.8 Å². The van der Waals surface area contributed by atoms with Crippen LogP contribution in [-0.2, 0) is 23.8 Å². The van der Waals surface area contributed by atoms with Gasteiger partial charge in [-0.15, -0.1) is 0 Å². The van der Waals surface area contributed by atoms with Crippen LogP contribution >= 0.6 is 0 Å². The fraction of sp³-hybridized carbons (Fsp3) is 0.818. The Morgan fingerprint density at radius 3 is 2.74 bits per heavy atom. The predicted molar refractivity (Wildman–Crippen MR) is 99.8 cm³/mol. The summed E-state index contributed by atoms with van der Waals surface area (Å²) in [6.45, 7) is 9.73. The normalized spacial score (nSPS) is 51.0. The number of esters is 2. The molecule has 0 aromatic heterocycles. The van der Waals surface area contributed by atoms with E-state index in [1.807, 2.05) is 13.8 Å². The van der Waals surface area contributed by atoms with E-state index in [-0.39, 0.29) is 47.8 Å². The first-order valence-corrected chi connectivity index (χ1v) is 10.4. The summed E-state index contributed by atoms with van der Waals surface area (Å²) in [5.74, 6) is -0.0260. The van der Waals surface area contributed by atoms with Crippen molar-refractivity contribution in [2.24, 2.45) is 23.7 Å². The number of carbonyl (C=O) groups is 2. The van der Waals surface area contributed by atoms with Crippen LogP contribution < -0.4 is 0 Å². The molecule has 27 heavy (non-hydrogen) atoms. The molecule has 2 bridgehead atoms. The van der Waals surface area contributed by atoms with E-state index in [1.165, 1.54) is 12.5 Å². The fourth-order valence-electron chi connectivity index (χ4n) is 6.41. The third-order valence-corrected chi connectivity index (χ3v) is 7.64. The summed E-state index contributed by atoms with van der Waals surface area (Å²) in [5, 5.41) is 0. The molecule has 0 N–H and O–H groups in total. The van der Waals surface area contributed by atoms with Crippen molar-refractivity contribution in [1.82, 2.24) is 0 Å². The second kappa shape index (κ2) is 6.33. The number of hydrogen-bond acceptors (Lipinski definition) is 5. The van der Waals surface area contributed by atoms with Crippen molar-refractivity contribution >= 4 is 11.9 Å². The highest BCUT2D eigenvalue weighted by atomic mass is 16.6. The van der Waals surface area contributed by atoms with Gasteiger partial charge in [0.15, 0.2) is 0 Å². The summed E-state index contributed by atoms with van der Waals surface area (Å²) in [6, 6.07) is 0. The van der Waals surface area contributed by atoms with Crippen LogP contribution in [0.4, 0.5) is 0 Å². The fourth-order valence-corrected chi connectivity index (χ4v) is 6.41. The molecule has 0 radical (unpaired) electrons. The average molecular weight is 376 g/mol. The van der Waals surface area contributed by atoms with Crippen LogP contribution in [0.1, 0.15) is 66.7 Å². The van der Waals surface area contributed by atoms with Crippen molar-refractivity contribution in [3.8, 4) is 0 Å². The van der Waals surface area contributed by atoms with E-state index in [0.717, 1.165) is 32.1 Å². The highest BCUT2D eigenvalue weighted by molar-refractivity contribution is 5.73. The molecular weight excluding hydrogens is 344 g/mol. The largest absolute Gasteiger partial charge is 0.459 e. The standard InChI is InChI=1S/C22H32O5/c1-12-7-6-9-22(5)19-17-15(13(2)20(24)27-22)8-10-21(4,26-14(3)23)18(17)16(11-12)25-19/h7,13,15-19H,6,8-11H2,1-5H3/b12-7+/t13-,15?,16?,17+,18+,19?,21-,22+/m1/s1. The van der Waals surface area contributed by atoms with E-state index < -0.39 is 11.2 Å². The summed E-state index contributed by atoms with van der Waals surface area (Å²) < 4.78 is 18.7. The molecule has 8 atom stereocenters. The van der Waals surface area contributed by atoms with E-state index in [0.29, 0.717) is 0 Å². The molecule has 3 fully saturated rings. The SMILES string of the molecule is CC(=O)O[C@]1(C)CCC2[C@@H]3C4OC(C/C(C)=C/CC[C@]4(C)OC(=O)[C@@H]2C)[C@@H]31. The molecule has 1 aliphatic carbocycles. The van der Waals surface area contributed by atoms with Gasteiger partial charge in [0.05, 0.1) is 12.0 Å². The van der Waals surface area contributed by atoms with Gasteiger partial charge in [-0.05, 0) is 58.8 Å². The van der Waals surface area contributed by atoms with E-state index >= 15 is 0 Å². The Labute approximate surface area is 161 Å². The monoisotopic (exact) mass is 376 g/mol. The maximum atomic E-state index is 12.8. The Balaban J connectivity index is 1.84. The molecule has 2 saturated heterocycles. The molecule has 4 rings (SSSR count). The smallest absolute Gasteiger partial charge is 0.309 e. The molecule has 0 amide bonds. The van der Waals surface area contributed by atoms with Crippen molar-refractivity contribution in [2.45, 2.75) is 90.1 Å². The minimum atomic E-state index is -0.632. The van der Waals surface area contributed by atoms with Crippen molar-refractivity contribution in [3.05, 3.63) is 11.6 Å². The number of rotatable bonds is 1. The second-order valence-electron chi connectivity index (χ2n) is 9.62. The first-order chi connectivity index (χ1) is 12.6. The molecule has 5 nitrogen and oxygen atoms in total. The van der Waals surface area contributed by atoms with Crippen LogP contribution in [0.15, 0.2) is 11.6 Å². The van der Waals surface area contributed by atoms with Crippen molar-refractivity contribution < 1.29 is 23.8 Å². The van der Waals surface area contributed by atoms with Gasteiger partial charge in [-0.3, -0.25) is 9.59 Å². The van der Waals surface area contributed by atoms with Gasteiger partial charge >= 0.3 is 11.9 Å². The highest BCUT2D eigenvalue weighted by Gasteiger charge is 2.66. The molecule has 5 heteroatoms. The summed E-state index contributed by atoms with van der Waals surface area (Å²) in [7, 11) is 0. The lowest BCUT2D eigenvalue weighted by Gasteiger charge is -2.48. The Morgan fingerprint density at radius 1 is 1.30 bits per heavy atom. The van der Waals surface area contributed by atoms with Gasteiger partial charge in [-0.1, -0.05) is 18.6 Å². The molecule has 4 aliphatic rings. The minimum absolute atomic E-state index is 0.00942. The Kier molecular flexibility index (Phi) is 4.45. The van der Waals surface area contributed by atoms with Gasteiger partial charge in [0.25, 0.3) is 0 Å². The summed E-state index contributed by atoms with van der Waals surface area (Å²) in [6.07, 6.45) is 6.22. The van der Waals surface area contributed by atoms with E-state index in [1.54, 1.807) is 0 Å². The van der Waals surface area contributed by atoms with Crippen LogP contribution in [0, 0.1) is 23.7 Å². The molecule has 0 aromatic carbocycles. The van der Waals surface area contributed by atoms with E-state index in [4.69, 9.17) is 14.2 Å². The molecular formula is C22H32O5. The van der Waals surface area contributed by atoms with Crippen LogP contribution in [0.3, 0.4) is 0 Å². The quantitative estimate of drug-likeness (QED) is 0.514. The van der Waals surface area contributed by atoms with Crippen LogP contribution in [0.2, 0.25) is 0 Å². The lowest BCUT2D eigenvalue weighted by atomic mass is 9.58. The van der Waals surface area contributed by atoms with Crippen LogP contribution in [0.25, 0.3) is 0 Å². The predicted octanol–water partition coefficient (Wildman–Crippen LogP) is 3.80. The second-order valence-corrected chi connectivity index (χ2v) is 9.62.